The van der Waals surface area contributed by atoms with Crippen LogP contribution in [0.1, 0.15) is 0 Å². The summed E-state index contributed by atoms with van der Waals surface area (Å²) in [6, 6.07) is 3.37. The molecule has 10 heteroatoms. The molecule has 0 amide bonds. The number of β-amino-alcohol motifs (C(OH)–C–C–N with tert-alkyl or cyclic N) is 1. The van der Waals surface area contributed by atoms with Crippen LogP contribution in [0.15, 0.2) is 23.1 Å². The molecule has 2 rings (SSSR count). The minimum absolute atomic E-state index is 0.0173. The molecule has 1 aliphatic rings. The van der Waals surface area contributed by atoms with Gasteiger partial charge in [0.1, 0.15) is 4.90 Å². The third-order valence-corrected chi connectivity index (χ3v) is 5.87. The van der Waals surface area contributed by atoms with Crippen LogP contribution in [0.25, 0.3) is 0 Å². The summed E-state index contributed by atoms with van der Waals surface area (Å²) in [6.07, 6.45) is 0. The van der Waals surface area contributed by atoms with E-state index in [1.54, 1.807) is 0 Å². The van der Waals surface area contributed by atoms with Crippen LogP contribution in [0.3, 0.4) is 0 Å². The van der Waals surface area contributed by atoms with Crippen LogP contribution in [-0.2, 0) is 10.0 Å². The van der Waals surface area contributed by atoms with Crippen molar-refractivity contribution >= 4 is 27.3 Å². The molecule has 0 saturated carbocycles. The van der Waals surface area contributed by atoms with Gasteiger partial charge in [0.25, 0.3) is 5.69 Å². The van der Waals surface area contributed by atoms with E-state index < -0.39 is 14.9 Å². The highest BCUT2D eigenvalue weighted by molar-refractivity contribution is 7.89. The van der Waals surface area contributed by atoms with Crippen LogP contribution in [-0.4, -0.2) is 67.0 Å². The molecule has 1 N–H and O–H groups in total. The molecule has 0 spiro atoms. The number of nitro benzene ring substituents is 1. The maximum absolute atomic E-state index is 12.6. The van der Waals surface area contributed by atoms with Crippen LogP contribution in [0.4, 0.5) is 5.69 Å². The first-order valence-corrected chi connectivity index (χ1v) is 8.45. The largest absolute Gasteiger partial charge is 0.395 e. The van der Waals surface area contributed by atoms with Gasteiger partial charge in [-0.25, -0.2) is 8.42 Å². The SMILES string of the molecule is O=[N+]([O-])c1ccc(Cl)c(S(=O)(=O)N2CCN(CCO)CC2)c1. The van der Waals surface area contributed by atoms with Gasteiger partial charge in [-0.1, -0.05) is 11.6 Å². The van der Waals surface area contributed by atoms with Crippen molar-refractivity contribution in [2.45, 2.75) is 4.90 Å². The van der Waals surface area contributed by atoms with Crippen molar-refractivity contribution < 1.29 is 18.4 Å². The van der Waals surface area contributed by atoms with E-state index in [-0.39, 0.29) is 35.3 Å². The number of aliphatic hydroxyl groups is 1. The minimum Gasteiger partial charge on any atom is -0.395 e. The van der Waals surface area contributed by atoms with Crippen LogP contribution in [0.5, 0.6) is 0 Å². The summed E-state index contributed by atoms with van der Waals surface area (Å²) in [7, 11) is -3.88. The smallest absolute Gasteiger partial charge is 0.270 e. The van der Waals surface area contributed by atoms with Crippen molar-refractivity contribution in [3.8, 4) is 0 Å². The number of hydrogen-bond acceptors (Lipinski definition) is 6. The Morgan fingerprint density at radius 2 is 1.91 bits per heavy atom. The van der Waals surface area contributed by atoms with E-state index >= 15 is 0 Å². The van der Waals surface area contributed by atoms with Gasteiger partial charge in [-0.05, 0) is 6.07 Å². The number of halogens is 1. The van der Waals surface area contributed by atoms with Gasteiger partial charge >= 0.3 is 0 Å². The van der Waals surface area contributed by atoms with Crippen LogP contribution >= 0.6 is 11.6 Å². The number of aliphatic hydroxyl groups excluding tert-OH is 1. The predicted molar refractivity (Wildman–Crippen MR) is 80.4 cm³/mol. The molecule has 1 saturated heterocycles. The van der Waals surface area contributed by atoms with Gasteiger partial charge in [0.15, 0.2) is 0 Å². The quantitative estimate of drug-likeness (QED) is 0.615. The number of benzene rings is 1. The van der Waals surface area contributed by atoms with Crippen molar-refractivity contribution in [1.82, 2.24) is 9.21 Å². The first-order valence-electron chi connectivity index (χ1n) is 6.63. The third kappa shape index (κ3) is 3.55. The number of nitrogens with zero attached hydrogens (tertiary/aromatic N) is 3. The van der Waals surface area contributed by atoms with Gasteiger partial charge < -0.3 is 5.11 Å². The van der Waals surface area contributed by atoms with Gasteiger partial charge in [0.05, 0.1) is 16.6 Å². The summed E-state index contributed by atoms with van der Waals surface area (Å²) in [6.45, 7) is 2.00. The molecule has 0 aromatic heterocycles. The number of rotatable bonds is 5. The van der Waals surface area contributed by atoms with Gasteiger partial charge in [-0.2, -0.15) is 4.31 Å². The van der Waals surface area contributed by atoms with E-state index in [0.717, 1.165) is 6.07 Å². The monoisotopic (exact) mass is 349 g/mol. The molecular weight excluding hydrogens is 334 g/mol. The molecule has 0 atom stereocenters. The maximum atomic E-state index is 12.6. The van der Waals surface area contributed by atoms with Gasteiger partial charge in [-0.15, -0.1) is 0 Å². The molecule has 1 aliphatic heterocycles. The molecule has 22 heavy (non-hydrogen) atoms. The van der Waals surface area contributed by atoms with Crippen molar-refractivity contribution in [1.29, 1.82) is 0 Å². The summed E-state index contributed by atoms with van der Waals surface area (Å²) < 4.78 is 26.5. The zero-order chi connectivity index (χ0) is 16.3. The zero-order valence-electron chi connectivity index (χ0n) is 11.7. The highest BCUT2D eigenvalue weighted by Crippen LogP contribution is 2.29. The van der Waals surface area contributed by atoms with Crippen molar-refractivity contribution in [3.63, 3.8) is 0 Å². The highest BCUT2D eigenvalue weighted by Gasteiger charge is 2.31. The second kappa shape index (κ2) is 6.88. The Morgan fingerprint density at radius 1 is 1.27 bits per heavy atom. The Balaban J connectivity index is 2.24. The number of hydrogen-bond donors (Lipinski definition) is 1. The second-order valence-corrected chi connectivity index (χ2v) is 7.15. The van der Waals surface area contributed by atoms with E-state index in [9.17, 15) is 18.5 Å². The topological polar surface area (TPSA) is 104 Å². The van der Waals surface area contributed by atoms with E-state index in [2.05, 4.69) is 0 Å². The number of sulfonamides is 1. The Bertz CT molecular complexity index is 659. The Morgan fingerprint density at radius 3 is 2.45 bits per heavy atom. The molecule has 122 valence electrons. The lowest BCUT2D eigenvalue weighted by molar-refractivity contribution is -0.385. The molecule has 0 unspecified atom stereocenters. The number of nitro groups is 1. The average molecular weight is 350 g/mol. The molecule has 1 aromatic rings. The fourth-order valence-electron chi connectivity index (χ4n) is 2.28. The molecule has 0 radical (unpaired) electrons. The predicted octanol–water partition coefficient (Wildman–Crippen LogP) is 0.547. The summed E-state index contributed by atoms with van der Waals surface area (Å²) >= 11 is 5.91. The van der Waals surface area contributed by atoms with Crippen molar-refractivity contribution in [3.05, 3.63) is 33.3 Å². The van der Waals surface area contributed by atoms with E-state index in [1.807, 2.05) is 4.90 Å². The van der Waals surface area contributed by atoms with Crippen LogP contribution < -0.4 is 0 Å². The molecule has 1 aromatic carbocycles. The van der Waals surface area contributed by atoms with E-state index in [0.29, 0.717) is 19.6 Å². The highest BCUT2D eigenvalue weighted by atomic mass is 35.5. The lowest BCUT2D eigenvalue weighted by atomic mass is 10.3. The second-order valence-electron chi connectivity index (χ2n) is 4.84. The van der Waals surface area contributed by atoms with Crippen molar-refractivity contribution in [2.75, 3.05) is 39.3 Å². The normalized spacial score (nSPS) is 17.5. The Labute approximate surface area is 133 Å². The summed E-state index contributed by atoms with van der Waals surface area (Å²) in [5, 5.41) is 19.7. The Kier molecular flexibility index (Phi) is 5.35. The average Bonchev–Trinajstić information content (AvgIpc) is 2.48. The molecular formula is C12H16ClN3O5S. The van der Waals surface area contributed by atoms with Gasteiger partial charge in [0, 0.05) is 44.9 Å². The number of piperazine rings is 1. The maximum Gasteiger partial charge on any atom is 0.270 e. The summed E-state index contributed by atoms with van der Waals surface area (Å²) in [5.41, 5.74) is -0.318. The van der Waals surface area contributed by atoms with E-state index in [4.69, 9.17) is 16.7 Å². The molecule has 0 aliphatic carbocycles. The lowest BCUT2D eigenvalue weighted by Gasteiger charge is -2.33. The fourth-order valence-corrected chi connectivity index (χ4v) is 4.19. The number of non-ortho nitro benzene ring substituents is 1. The first kappa shape index (κ1) is 17.1. The standard InChI is InChI=1S/C12H16ClN3O5S/c13-11-2-1-10(16(18)19)9-12(11)22(20,21)15-5-3-14(4-6-15)7-8-17/h1-2,9,17H,3-8H2. The Hall–Kier alpha value is -1.26. The van der Waals surface area contributed by atoms with Crippen LogP contribution in [0, 0.1) is 10.1 Å². The summed E-state index contributed by atoms with van der Waals surface area (Å²) in [5.74, 6) is 0. The van der Waals surface area contributed by atoms with E-state index in [1.165, 1.54) is 16.4 Å². The first-order chi connectivity index (χ1) is 10.4. The molecule has 0 bridgehead atoms. The molecule has 8 nitrogen and oxygen atoms in total. The van der Waals surface area contributed by atoms with Crippen molar-refractivity contribution in [2.24, 2.45) is 0 Å². The molecule has 1 heterocycles. The summed E-state index contributed by atoms with van der Waals surface area (Å²) in [4.78, 5) is 11.8. The van der Waals surface area contributed by atoms with Gasteiger partial charge in [0.2, 0.25) is 10.0 Å². The minimum atomic E-state index is -3.88. The zero-order valence-corrected chi connectivity index (χ0v) is 13.3. The van der Waals surface area contributed by atoms with Gasteiger partial charge in [-0.3, -0.25) is 15.0 Å². The molecule has 1 fully saturated rings. The van der Waals surface area contributed by atoms with Crippen LogP contribution in [0.2, 0.25) is 5.02 Å². The lowest BCUT2D eigenvalue weighted by Crippen LogP contribution is -2.49. The third-order valence-electron chi connectivity index (χ3n) is 3.49. The fraction of sp³-hybridized carbons (Fsp3) is 0.500.